The molecule has 3 heteroatoms. The molecule has 0 amide bonds. The second-order valence-electron chi connectivity index (χ2n) is 3.96. The molecule has 1 rings (SSSR count). The molecular weight excluding hydrogens is 291 g/mol. The fraction of sp³-hybridized carbons (Fsp3) is 0.909. The molecule has 1 saturated carbocycles. The quantitative estimate of drug-likeness (QED) is 0.451. The van der Waals surface area contributed by atoms with Gasteiger partial charge in [0.25, 0.3) is 0 Å². The lowest BCUT2D eigenvalue weighted by atomic mass is 9.98. The minimum Gasteiger partial charge on any atom is -0.462 e. The number of carbonyl (C=O) groups is 1. The molecule has 0 aliphatic heterocycles. The third-order valence-electron chi connectivity index (χ3n) is 2.68. The van der Waals surface area contributed by atoms with Crippen LogP contribution >= 0.6 is 22.6 Å². The molecule has 2 nitrogen and oxygen atoms in total. The Bertz CT molecular complexity index is 176. The van der Waals surface area contributed by atoms with Gasteiger partial charge < -0.3 is 4.74 Å². The van der Waals surface area contributed by atoms with Crippen molar-refractivity contribution in [3.05, 3.63) is 0 Å². The van der Waals surface area contributed by atoms with E-state index < -0.39 is 0 Å². The molecule has 0 N–H and O–H groups in total. The van der Waals surface area contributed by atoms with E-state index in [2.05, 4.69) is 29.5 Å². The van der Waals surface area contributed by atoms with E-state index in [1.54, 1.807) is 0 Å². The van der Waals surface area contributed by atoms with Crippen LogP contribution in [-0.2, 0) is 9.53 Å². The lowest BCUT2D eigenvalue weighted by Gasteiger charge is -2.22. The molecule has 0 aromatic carbocycles. The molecular formula is C11H19IO2. The first-order valence-corrected chi connectivity index (χ1v) is 6.80. The highest BCUT2D eigenvalue weighted by molar-refractivity contribution is 14.1. The van der Waals surface area contributed by atoms with Crippen molar-refractivity contribution in [3.63, 3.8) is 0 Å². The Hall–Kier alpha value is 0.200. The van der Waals surface area contributed by atoms with Crippen LogP contribution in [0.5, 0.6) is 0 Å². The SMILES string of the molecule is CCC(I)CC(=O)OC1CCCCC1. The molecule has 0 aromatic rings. The zero-order chi connectivity index (χ0) is 10.4. The maximum Gasteiger partial charge on any atom is 0.307 e. The maximum absolute atomic E-state index is 11.5. The van der Waals surface area contributed by atoms with Gasteiger partial charge in [-0.1, -0.05) is 35.9 Å². The maximum atomic E-state index is 11.5. The van der Waals surface area contributed by atoms with Gasteiger partial charge in [0.05, 0.1) is 6.42 Å². The van der Waals surface area contributed by atoms with Gasteiger partial charge in [-0.2, -0.15) is 0 Å². The molecule has 0 spiro atoms. The van der Waals surface area contributed by atoms with Crippen LogP contribution in [0.3, 0.4) is 0 Å². The van der Waals surface area contributed by atoms with Crippen LogP contribution in [0.25, 0.3) is 0 Å². The van der Waals surface area contributed by atoms with Crippen molar-refractivity contribution >= 4 is 28.6 Å². The monoisotopic (exact) mass is 310 g/mol. The van der Waals surface area contributed by atoms with E-state index >= 15 is 0 Å². The van der Waals surface area contributed by atoms with Crippen LogP contribution in [0.2, 0.25) is 0 Å². The third-order valence-corrected chi connectivity index (χ3v) is 4.00. The second kappa shape index (κ2) is 6.64. The molecule has 1 fully saturated rings. The van der Waals surface area contributed by atoms with E-state index in [-0.39, 0.29) is 12.1 Å². The number of esters is 1. The summed E-state index contributed by atoms with van der Waals surface area (Å²) in [6, 6.07) is 0. The van der Waals surface area contributed by atoms with Gasteiger partial charge in [-0.15, -0.1) is 0 Å². The molecule has 0 saturated heterocycles. The van der Waals surface area contributed by atoms with Crippen LogP contribution in [-0.4, -0.2) is 16.0 Å². The predicted molar refractivity (Wildman–Crippen MR) is 65.7 cm³/mol. The number of rotatable bonds is 4. The minimum absolute atomic E-state index is 0.00171. The van der Waals surface area contributed by atoms with Crippen molar-refractivity contribution in [1.29, 1.82) is 0 Å². The Morgan fingerprint density at radius 2 is 2.07 bits per heavy atom. The van der Waals surface area contributed by atoms with Crippen LogP contribution in [0, 0.1) is 0 Å². The van der Waals surface area contributed by atoms with Gasteiger partial charge in [0.2, 0.25) is 0 Å². The van der Waals surface area contributed by atoms with Crippen molar-refractivity contribution in [3.8, 4) is 0 Å². The predicted octanol–water partition coefficient (Wildman–Crippen LogP) is 3.47. The molecule has 82 valence electrons. The number of alkyl halides is 1. The molecule has 1 unspecified atom stereocenters. The zero-order valence-corrected chi connectivity index (χ0v) is 11.0. The number of halogens is 1. The van der Waals surface area contributed by atoms with Gasteiger partial charge in [-0.3, -0.25) is 4.79 Å². The lowest BCUT2D eigenvalue weighted by Crippen LogP contribution is -2.22. The van der Waals surface area contributed by atoms with Gasteiger partial charge in [-0.25, -0.2) is 0 Å². The van der Waals surface area contributed by atoms with E-state index in [0.29, 0.717) is 10.3 Å². The van der Waals surface area contributed by atoms with Crippen LogP contribution in [0.4, 0.5) is 0 Å². The number of hydrogen-bond donors (Lipinski definition) is 0. The van der Waals surface area contributed by atoms with Crippen molar-refractivity contribution < 1.29 is 9.53 Å². The van der Waals surface area contributed by atoms with Crippen molar-refractivity contribution in [2.45, 2.75) is 61.9 Å². The van der Waals surface area contributed by atoms with E-state index in [0.717, 1.165) is 19.3 Å². The molecule has 0 aromatic heterocycles. The molecule has 14 heavy (non-hydrogen) atoms. The standard InChI is InChI=1S/C11H19IO2/c1-2-9(12)8-11(13)14-10-6-4-3-5-7-10/h9-10H,2-8H2,1H3. The molecule has 1 aliphatic carbocycles. The molecule has 0 bridgehead atoms. The average Bonchev–Trinajstić information content (AvgIpc) is 2.19. The van der Waals surface area contributed by atoms with Crippen LogP contribution in [0.1, 0.15) is 51.9 Å². The largest absolute Gasteiger partial charge is 0.462 e. The highest BCUT2D eigenvalue weighted by Gasteiger charge is 2.18. The molecule has 0 heterocycles. The van der Waals surface area contributed by atoms with Gasteiger partial charge in [0.15, 0.2) is 0 Å². The van der Waals surface area contributed by atoms with Crippen molar-refractivity contribution in [1.82, 2.24) is 0 Å². The Balaban J connectivity index is 2.18. The first kappa shape index (κ1) is 12.3. The second-order valence-corrected chi connectivity index (χ2v) is 5.72. The minimum atomic E-state index is -0.00171. The molecule has 1 aliphatic rings. The summed E-state index contributed by atoms with van der Waals surface area (Å²) in [6.45, 7) is 2.10. The Morgan fingerprint density at radius 3 is 2.64 bits per heavy atom. The zero-order valence-electron chi connectivity index (χ0n) is 8.80. The summed E-state index contributed by atoms with van der Waals surface area (Å²) in [5, 5.41) is 0. The van der Waals surface area contributed by atoms with E-state index in [1.807, 2.05) is 0 Å². The Morgan fingerprint density at radius 1 is 1.43 bits per heavy atom. The van der Waals surface area contributed by atoms with Crippen LogP contribution in [0.15, 0.2) is 0 Å². The highest BCUT2D eigenvalue weighted by Crippen LogP contribution is 2.21. The summed E-state index contributed by atoms with van der Waals surface area (Å²) in [5.74, 6) is -0.00171. The summed E-state index contributed by atoms with van der Waals surface area (Å²) < 4.78 is 5.85. The third kappa shape index (κ3) is 4.62. The number of carbonyl (C=O) groups excluding carboxylic acids is 1. The summed E-state index contributed by atoms with van der Waals surface area (Å²) in [5.41, 5.74) is 0. The lowest BCUT2D eigenvalue weighted by molar-refractivity contribution is -0.150. The van der Waals surface area contributed by atoms with Crippen molar-refractivity contribution in [2.75, 3.05) is 0 Å². The fourth-order valence-electron chi connectivity index (χ4n) is 1.74. The summed E-state index contributed by atoms with van der Waals surface area (Å²) in [7, 11) is 0. The summed E-state index contributed by atoms with van der Waals surface area (Å²) in [4.78, 5) is 11.5. The average molecular weight is 310 g/mol. The summed E-state index contributed by atoms with van der Waals surface area (Å²) >= 11 is 2.31. The number of hydrogen-bond acceptors (Lipinski definition) is 2. The highest BCUT2D eigenvalue weighted by atomic mass is 127. The molecule has 1 atom stereocenters. The first-order chi connectivity index (χ1) is 6.72. The normalized spacial score (nSPS) is 20.4. The molecule has 0 radical (unpaired) electrons. The number of ether oxygens (including phenoxy) is 1. The Kier molecular flexibility index (Phi) is 5.82. The van der Waals surface area contributed by atoms with E-state index in [1.165, 1.54) is 19.3 Å². The van der Waals surface area contributed by atoms with Gasteiger partial charge in [0, 0.05) is 3.92 Å². The van der Waals surface area contributed by atoms with Crippen LogP contribution < -0.4 is 0 Å². The van der Waals surface area contributed by atoms with Gasteiger partial charge >= 0.3 is 5.97 Å². The first-order valence-electron chi connectivity index (χ1n) is 5.56. The summed E-state index contributed by atoms with van der Waals surface area (Å²) in [6.07, 6.45) is 7.73. The van der Waals surface area contributed by atoms with E-state index in [4.69, 9.17) is 4.74 Å². The van der Waals surface area contributed by atoms with Crippen molar-refractivity contribution in [2.24, 2.45) is 0 Å². The van der Waals surface area contributed by atoms with E-state index in [9.17, 15) is 4.79 Å². The smallest absolute Gasteiger partial charge is 0.307 e. The van der Waals surface area contributed by atoms with Gasteiger partial charge in [0.1, 0.15) is 6.10 Å². The van der Waals surface area contributed by atoms with Gasteiger partial charge in [-0.05, 0) is 32.1 Å². The Labute approximate surface area is 99.9 Å². The topological polar surface area (TPSA) is 26.3 Å². The fourth-order valence-corrected chi connectivity index (χ4v) is 2.10.